The summed E-state index contributed by atoms with van der Waals surface area (Å²) >= 11 is 0. The van der Waals surface area contributed by atoms with Gasteiger partial charge in [-0.25, -0.2) is 18.0 Å². The van der Waals surface area contributed by atoms with Crippen LogP contribution in [0, 0.1) is 34.7 Å². The molecular weight excluding hydrogens is 289 g/mol. The normalized spacial score (nSPS) is 13.1. The van der Waals surface area contributed by atoms with Gasteiger partial charge in [0.25, 0.3) is 5.91 Å². The lowest BCUT2D eigenvalue weighted by Gasteiger charge is -2.16. The number of nitrogens with one attached hydrogen (secondary N) is 1. The van der Waals surface area contributed by atoms with Crippen molar-refractivity contribution in [1.82, 2.24) is 5.32 Å². The van der Waals surface area contributed by atoms with Crippen LogP contribution in [0.5, 0.6) is 0 Å². The van der Waals surface area contributed by atoms with Gasteiger partial charge in [0.1, 0.15) is 29.1 Å². The van der Waals surface area contributed by atoms with E-state index in [1.54, 1.807) is 6.07 Å². The molecule has 21 heavy (non-hydrogen) atoms. The van der Waals surface area contributed by atoms with E-state index >= 15 is 0 Å². The molecule has 8 heteroatoms. The molecule has 0 saturated carbocycles. The van der Waals surface area contributed by atoms with Gasteiger partial charge in [0.05, 0.1) is 6.07 Å². The number of carboxylic acids is 1. The molecule has 0 fully saturated rings. The van der Waals surface area contributed by atoms with Gasteiger partial charge in [-0.2, -0.15) is 5.26 Å². The summed E-state index contributed by atoms with van der Waals surface area (Å²) in [6.07, 6.45) is -0.234. The molecule has 0 saturated heterocycles. The van der Waals surface area contributed by atoms with Crippen LogP contribution in [-0.4, -0.2) is 23.0 Å². The summed E-state index contributed by atoms with van der Waals surface area (Å²) < 4.78 is 39.5. The van der Waals surface area contributed by atoms with Gasteiger partial charge < -0.3 is 10.4 Å². The van der Waals surface area contributed by atoms with Gasteiger partial charge in [-0.05, 0) is 13.3 Å². The van der Waals surface area contributed by atoms with Crippen LogP contribution >= 0.6 is 0 Å². The largest absolute Gasteiger partial charge is 0.480 e. The fourth-order valence-corrected chi connectivity index (χ4v) is 1.62. The van der Waals surface area contributed by atoms with Crippen molar-refractivity contribution in [1.29, 1.82) is 5.26 Å². The maximum Gasteiger partial charge on any atom is 0.326 e. The van der Waals surface area contributed by atoms with Crippen LogP contribution < -0.4 is 5.32 Å². The Balaban J connectivity index is 2.98. The zero-order chi connectivity index (χ0) is 16.2. The Bertz CT molecular complexity index is 590. The highest BCUT2D eigenvalue weighted by Crippen LogP contribution is 2.15. The van der Waals surface area contributed by atoms with Crippen LogP contribution in [0.25, 0.3) is 0 Å². The van der Waals surface area contributed by atoms with E-state index in [0.717, 1.165) is 0 Å². The molecule has 0 spiro atoms. The number of aliphatic carboxylic acids is 1. The molecule has 0 bridgehead atoms. The summed E-state index contributed by atoms with van der Waals surface area (Å²) in [4.78, 5) is 22.7. The van der Waals surface area contributed by atoms with Crippen molar-refractivity contribution in [2.75, 3.05) is 0 Å². The van der Waals surface area contributed by atoms with E-state index in [2.05, 4.69) is 0 Å². The van der Waals surface area contributed by atoms with Gasteiger partial charge in [-0.3, -0.25) is 4.79 Å². The standard InChI is InChI=1S/C13H11F3N2O3/c1-6(5-17)2-10(13(20)21)18-12(19)11-8(15)3-7(14)4-9(11)16/h3-4,6,10H,2H2,1H3,(H,18,19)(H,20,21)/t6-,10-/m0/s1. The first-order valence-electron chi connectivity index (χ1n) is 5.84. The molecule has 0 radical (unpaired) electrons. The Hall–Kier alpha value is -2.56. The number of carboxylic acid groups (broad SMARTS) is 1. The van der Waals surface area contributed by atoms with Crippen LogP contribution in [0.1, 0.15) is 23.7 Å². The van der Waals surface area contributed by atoms with Crippen LogP contribution in [0.15, 0.2) is 12.1 Å². The molecule has 1 aromatic carbocycles. The molecule has 2 N–H and O–H groups in total. The van der Waals surface area contributed by atoms with Gasteiger partial charge in [0, 0.05) is 18.1 Å². The van der Waals surface area contributed by atoms with E-state index < -0.39 is 46.9 Å². The molecule has 112 valence electrons. The molecule has 1 rings (SSSR count). The third-order valence-electron chi connectivity index (χ3n) is 2.65. The molecule has 5 nitrogen and oxygen atoms in total. The Kier molecular flexibility index (Phi) is 5.30. The van der Waals surface area contributed by atoms with E-state index in [0.29, 0.717) is 12.1 Å². The van der Waals surface area contributed by atoms with E-state index in [-0.39, 0.29) is 6.42 Å². The summed E-state index contributed by atoms with van der Waals surface area (Å²) in [5, 5.41) is 19.4. The molecular formula is C13H11F3N2O3. The van der Waals surface area contributed by atoms with Gasteiger partial charge >= 0.3 is 5.97 Å². The van der Waals surface area contributed by atoms with Crippen molar-refractivity contribution in [3.8, 4) is 6.07 Å². The van der Waals surface area contributed by atoms with Crippen molar-refractivity contribution in [2.24, 2.45) is 5.92 Å². The molecule has 0 aliphatic rings. The van der Waals surface area contributed by atoms with Crippen LogP contribution in [0.2, 0.25) is 0 Å². The zero-order valence-corrected chi connectivity index (χ0v) is 10.9. The topological polar surface area (TPSA) is 90.2 Å². The first kappa shape index (κ1) is 16.5. The molecule has 1 amide bonds. The van der Waals surface area contributed by atoms with Crippen molar-refractivity contribution in [3.63, 3.8) is 0 Å². The van der Waals surface area contributed by atoms with Crippen molar-refractivity contribution < 1.29 is 27.9 Å². The predicted octanol–water partition coefficient (Wildman–Crippen LogP) is 1.84. The number of carbonyl (C=O) groups excluding carboxylic acids is 1. The fraction of sp³-hybridized carbons (Fsp3) is 0.308. The third kappa shape index (κ3) is 4.21. The lowest BCUT2D eigenvalue weighted by molar-refractivity contribution is -0.139. The summed E-state index contributed by atoms with van der Waals surface area (Å²) in [6.45, 7) is 1.43. The number of nitrogens with zero attached hydrogens (tertiary/aromatic N) is 1. The van der Waals surface area contributed by atoms with Gasteiger partial charge in [-0.1, -0.05) is 0 Å². The van der Waals surface area contributed by atoms with Gasteiger partial charge in [0.15, 0.2) is 0 Å². The van der Waals surface area contributed by atoms with Crippen LogP contribution in [-0.2, 0) is 4.79 Å². The first-order chi connectivity index (χ1) is 9.76. The Morgan fingerprint density at radius 1 is 1.33 bits per heavy atom. The summed E-state index contributed by atoms with van der Waals surface area (Å²) in [6, 6.07) is 0.914. The van der Waals surface area contributed by atoms with E-state index in [9.17, 15) is 22.8 Å². The summed E-state index contributed by atoms with van der Waals surface area (Å²) in [7, 11) is 0. The number of carbonyl (C=O) groups is 2. The molecule has 0 heterocycles. The van der Waals surface area contributed by atoms with Crippen LogP contribution in [0.4, 0.5) is 13.2 Å². The SMILES string of the molecule is C[C@H](C#N)C[C@H](NC(=O)c1c(F)cc(F)cc1F)C(=O)O. The number of benzene rings is 1. The molecule has 0 unspecified atom stereocenters. The molecule has 0 aliphatic heterocycles. The number of amides is 1. The maximum absolute atomic E-state index is 13.4. The van der Waals surface area contributed by atoms with Crippen molar-refractivity contribution >= 4 is 11.9 Å². The second kappa shape index (κ2) is 6.74. The second-order valence-corrected chi connectivity index (χ2v) is 4.37. The highest BCUT2D eigenvalue weighted by molar-refractivity contribution is 5.97. The van der Waals surface area contributed by atoms with E-state index in [1.807, 2.05) is 5.32 Å². The predicted molar refractivity (Wildman–Crippen MR) is 64.6 cm³/mol. The highest BCUT2D eigenvalue weighted by atomic mass is 19.1. The molecule has 0 aliphatic carbocycles. The molecule has 1 aromatic rings. The van der Waals surface area contributed by atoms with Gasteiger partial charge in [0.2, 0.25) is 0 Å². The van der Waals surface area contributed by atoms with Gasteiger partial charge in [-0.15, -0.1) is 0 Å². The average Bonchev–Trinajstić information content (AvgIpc) is 2.36. The number of hydrogen-bond acceptors (Lipinski definition) is 3. The second-order valence-electron chi connectivity index (χ2n) is 4.37. The fourth-order valence-electron chi connectivity index (χ4n) is 1.62. The monoisotopic (exact) mass is 300 g/mol. The summed E-state index contributed by atoms with van der Waals surface area (Å²) in [5.74, 6) is -7.55. The zero-order valence-electron chi connectivity index (χ0n) is 10.9. The Morgan fingerprint density at radius 3 is 2.29 bits per heavy atom. The number of hydrogen-bond donors (Lipinski definition) is 2. The van der Waals surface area contributed by atoms with E-state index in [1.165, 1.54) is 6.92 Å². The minimum absolute atomic E-state index is 0.234. The maximum atomic E-state index is 13.4. The lowest BCUT2D eigenvalue weighted by atomic mass is 10.0. The minimum atomic E-state index is -1.49. The lowest BCUT2D eigenvalue weighted by Crippen LogP contribution is -2.42. The van der Waals surface area contributed by atoms with Crippen molar-refractivity contribution in [3.05, 3.63) is 35.1 Å². The van der Waals surface area contributed by atoms with Crippen molar-refractivity contribution in [2.45, 2.75) is 19.4 Å². The highest BCUT2D eigenvalue weighted by Gasteiger charge is 2.26. The molecule has 2 atom stereocenters. The first-order valence-corrected chi connectivity index (χ1v) is 5.84. The minimum Gasteiger partial charge on any atom is -0.480 e. The Morgan fingerprint density at radius 2 is 1.86 bits per heavy atom. The summed E-state index contributed by atoms with van der Waals surface area (Å²) in [5.41, 5.74) is -1.08. The Labute approximate surface area is 118 Å². The quantitative estimate of drug-likeness (QED) is 0.868. The smallest absolute Gasteiger partial charge is 0.326 e. The number of nitriles is 1. The van der Waals surface area contributed by atoms with Crippen LogP contribution in [0.3, 0.4) is 0 Å². The molecule has 0 aromatic heterocycles. The third-order valence-corrected chi connectivity index (χ3v) is 2.65. The average molecular weight is 300 g/mol. The number of rotatable bonds is 5. The van der Waals surface area contributed by atoms with E-state index in [4.69, 9.17) is 10.4 Å². The number of halogens is 3.